The van der Waals surface area contributed by atoms with Crippen molar-refractivity contribution in [3.63, 3.8) is 0 Å². The van der Waals surface area contributed by atoms with E-state index in [2.05, 4.69) is 5.32 Å². The van der Waals surface area contributed by atoms with Gasteiger partial charge in [-0.1, -0.05) is 30.3 Å². The van der Waals surface area contributed by atoms with Crippen LogP contribution in [0.3, 0.4) is 0 Å². The Hall–Kier alpha value is -2.99. The summed E-state index contributed by atoms with van der Waals surface area (Å²) in [7, 11) is 0. The maximum Gasteiger partial charge on any atom is 0.292 e. The second kappa shape index (κ2) is 6.41. The molecule has 2 aromatic carbocycles. The molecule has 1 aromatic heterocycles. The fourth-order valence-corrected chi connectivity index (χ4v) is 2.91. The van der Waals surface area contributed by atoms with Gasteiger partial charge in [-0.15, -0.1) is 11.3 Å². The van der Waals surface area contributed by atoms with Crippen molar-refractivity contribution in [2.24, 2.45) is 0 Å². The van der Waals surface area contributed by atoms with Gasteiger partial charge in [-0.25, -0.2) is 0 Å². The van der Waals surface area contributed by atoms with Gasteiger partial charge in [0.2, 0.25) is 0 Å². The molecule has 3 rings (SSSR count). The zero-order valence-corrected chi connectivity index (χ0v) is 12.7. The van der Waals surface area contributed by atoms with Crippen molar-refractivity contribution in [3.05, 3.63) is 81.7 Å². The summed E-state index contributed by atoms with van der Waals surface area (Å²) in [5.74, 6) is -0.377. The first-order chi connectivity index (χ1) is 11.1. The van der Waals surface area contributed by atoms with E-state index in [0.29, 0.717) is 5.56 Å². The van der Waals surface area contributed by atoms with E-state index in [1.807, 2.05) is 23.6 Å². The van der Waals surface area contributed by atoms with Gasteiger partial charge in [0.25, 0.3) is 11.6 Å². The van der Waals surface area contributed by atoms with Gasteiger partial charge in [0.05, 0.1) is 4.92 Å². The first kappa shape index (κ1) is 14.9. The number of nitrogens with zero attached hydrogens (tertiary/aromatic N) is 1. The molecule has 114 valence electrons. The molecule has 0 radical (unpaired) electrons. The highest BCUT2D eigenvalue weighted by Crippen LogP contribution is 2.27. The number of anilines is 1. The van der Waals surface area contributed by atoms with Crippen molar-refractivity contribution in [1.29, 1.82) is 0 Å². The van der Waals surface area contributed by atoms with Gasteiger partial charge in [-0.2, -0.15) is 0 Å². The first-order valence-electron chi connectivity index (χ1n) is 6.84. The van der Waals surface area contributed by atoms with Crippen LogP contribution in [0, 0.1) is 10.1 Å². The molecule has 3 aromatic rings. The fraction of sp³-hybridized carbons (Fsp3) is 0. The van der Waals surface area contributed by atoms with Crippen LogP contribution in [0.2, 0.25) is 0 Å². The Morgan fingerprint density at radius 1 is 1.04 bits per heavy atom. The Labute approximate surface area is 136 Å². The minimum absolute atomic E-state index is 0.129. The molecule has 0 aliphatic carbocycles. The molecule has 0 bridgehead atoms. The number of nitro benzene ring substituents is 1. The molecule has 1 N–H and O–H groups in total. The zero-order chi connectivity index (χ0) is 16.2. The van der Waals surface area contributed by atoms with Gasteiger partial charge < -0.3 is 5.32 Å². The number of rotatable bonds is 4. The number of carbonyl (C=O) groups is 1. The molecular formula is C17H12N2O3S. The van der Waals surface area contributed by atoms with Crippen molar-refractivity contribution in [2.45, 2.75) is 0 Å². The molecule has 1 amide bonds. The van der Waals surface area contributed by atoms with E-state index >= 15 is 0 Å². The van der Waals surface area contributed by atoms with Crippen LogP contribution < -0.4 is 5.32 Å². The number of thiophene rings is 1. The topological polar surface area (TPSA) is 72.2 Å². The van der Waals surface area contributed by atoms with Crippen LogP contribution in [0.4, 0.5) is 11.4 Å². The molecule has 0 unspecified atom stereocenters. The molecule has 0 spiro atoms. The summed E-state index contributed by atoms with van der Waals surface area (Å²) in [4.78, 5) is 23.9. The van der Waals surface area contributed by atoms with Crippen molar-refractivity contribution >= 4 is 28.6 Å². The summed E-state index contributed by atoms with van der Waals surface area (Å²) in [5, 5.41) is 15.6. The maximum atomic E-state index is 12.4. The standard InChI is InChI=1S/C17H12N2O3S/c20-17(18-14-7-1-2-8-15(14)19(21)22)13-6-3-5-12(11-13)16-9-4-10-23-16/h1-11H,(H,18,20). The molecule has 0 fully saturated rings. The molecule has 0 atom stereocenters. The molecule has 0 saturated heterocycles. The average Bonchev–Trinajstić information content (AvgIpc) is 3.10. The summed E-state index contributed by atoms with van der Waals surface area (Å²) < 4.78 is 0. The van der Waals surface area contributed by atoms with Gasteiger partial charge in [0.15, 0.2) is 0 Å². The van der Waals surface area contributed by atoms with Crippen LogP contribution in [0.25, 0.3) is 10.4 Å². The second-order valence-corrected chi connectivity index (χ2v) is 5.73. The number of nitro groups is 1. The minimum Gasteiger partial charge on any atom is -0.316 e. The molecule has 6 heteroatoms. The number of hydrogen-bond acceptors (Lipinski definition) is 4. The highest BCUT2D eigenvalue weighted by atomic mass is 32.1. The largest absolute Gasteiger partial charge is 0.316 e. The van der Waals surface area contributed by atoms with E-state index in [-0.39, 0.29) is 17.3 Å². The molecule has 1 heterocycles. The molecule has 0 saturated carbocycles. The number of hydrogen-bond donors (Lipinski definition) is 1. The summed E-state index contributed by atoms with van der Waals surface area (Å²) in [6, 6.07) is 17.2. The smallest absolute Gasteiger partial charge is 0.292 e. The first-order valence-corrected chi connectivity index (χ1v) is 7.72. The second-order valence-electron chi connectivity index (χ2n) is 4.79. The number of para-hydroxylation sites is 2. The predicted molar refractivity (Wildman–Crippen MR) is 90.8 cm³/mol. The van der Waals surface area contributed by atoms with Crippen LogP contribution >= 0.6 is 11.3 Å². The van der Waals surface area contributed by atoms with Crippen LogP contribution in [0.1, 0.15) is 10.4 Å². The fourth-order valence-electron chi connectivity index (χ4n) is 2.19. The number of nitrogens with one attached hydrogen (secondary N) is 1. The predicted octanol–water partition coefficient (Wildman–Crippen LogP) is 4.58. The SMILES string of the molecule is O=C(Nc1ccccc1[N+](=O)[O-])c1cccc(-c2cccs2)c1. The lowest BCUT2D eigenvalue weighted by Crippen LogP contribution is -2.13. The minimum atomic E-state index is -0.516. The Morgan fingerprint density at radius 2 is 1.87 bits per heavy atom. The van der Waals surface area contributed by atoms with Crippen molar-refractivity contribution in [2.75, 3.05) is 5.32 Å². The Balaban J connectivity index is 1.87. The molecule has 0 aliphatic rings. The molecular weight excluding hydrogens is 312 g/mol. The average molecular weight is 324 g/mol. The summed E-state index contributed by atoms with van der Waals surface area (Å²) in [6.07, 6.45) is 0. The lowest BCUT2D eigenvalue weighted by Gasteiger charge is -2.07. The van der Waals surface area contributed by atoms with E-state index in [9.17, 15) is 14.9 Å². The van der Waals surface area contributed by atoms with Crippen LogP contribution in [0.5, 0.6) is 0 Å². The van der Waals surface area contributed by atoms with E-state index < -0.39 is 4.92 Å². The van der Waals surface area contributed by atoms with E-state index in [1.54, 1.807) is 41.7 Å². The number of benzene rings is 2. The van der Waals surface area contributed by atoms with Crippen LogP contribution in [0.15, 0.2) is 66.0 Å². The third kappa shape index (κ3) is 3.27. The van der Waals surface area contributed by atoms with Crippen molar-refractivity contribution < 1.29 is 9.72 Å². The van der Waals surface area contributed by atoms with E-state index in [0.717, 1.165) is 10.4 Å². The van der Waals surface area contributed by atoms with Crippen molar-refractivity contribution in [1.82, 2.24) is 0 Å². The third-order valence-electron chi connectivity index (χ3n) is 3.28. The van der Waals surface area contributed by atoms with Gasteiger partial charge >= 0.3 is 0 Å². The summed E-state index contributed by atoms with van der Waals surface area (Å²) in [6.45, 7) is 0. The van der Waals surface area contributed by atoms with Crippen LogP contribution in [-0.2, 0) is 0 Å². The Bertz CT molecular complexity index is 860. The molecule has 23 heavy (non-hydrogen) atoms. The lowest BCUT2D eigenvalue weighted by molar-refractivity contribution is -0.383. The van der Waals surface area contributed by atoms with E-state index in [1.165, 1.54) is 12.1 Å². The third-order valence-corrected chi connectivity index (χ3v) is 4.20. The van der Waals surface area contributed by atoms with Crippen LogP contribution in [-0.4, -0.2) is 10.8 Å². The zero-order valence-electron chi connectivity index (χ0n) is 11.9. The lowest BCUT2D eigenvalue weighted by atomic mass is 10.1. The Kier molecular flexibility index (Phi) is 4.16. The monoisotopic (exact) mass is 324 g/mol. The molecule has 0 aliphatic heterocycles. The highest BCUT2D eigenvalue weighted by molar-refractivity contribution is 7.13. The van der Waals surface area contributed by atoms with Gasteiger partial charge in [-0.3, -0.25) is 14.9 Å². The summed E-state index contributed by atoms with van der Waals surface area (Å²) >= 11 is 1.59. The number of amides is 1. The van der Waals surface area contributed by atoms with Crippen molar-refractivity contribution in [3.8, 4) is 10.4 Å². The normalized spacial score (nSPS) is 10.3. The summed E-state index contributed by atoms with van der Waals surface area (Å²) in [5.41, 5.74) is 1.45. The van der Waals surface area contributed by atoms with Gasteiger partial charge in [-0.05, 0) is 35.2 Å². The number of carbonyl (C=O) groups excluding carboxylic acids is 1. The van der Waals surface area contributed by atoms with Gasteiger partial charge in [0, 0.05) is 16.5 Å². The van der Waals surface area contributed by atoms with E-state index in [4.69, 9.17) is 0 Å². The maximum absolute atomic E-state index is 12.4. The quantitative estimate of drug-likeness (QED) is 0.564. The highest BCUT2D eigenvalue weighted by Gasteiger charge is 2.16. The molecule has 5 nitrogen and oxygen atoms in total. The van der Waals surface area contributed by atoms with Gasteiger partial charge in [0.1, 0.15) is 5.69 Å². The Morgan fingerprint density at radius 3 is 2.61 bits per heavy atom.